The highest BCUT2D eigenvalue weighted by Crippen LogP contribution is 2.37. The maximum absolute atomic E-state index is 13.1. The van der Waals surface area contributed by atoms with Gasteiger partial charge in [-0.1, -0.05) is 0 Å². The standard InChI is InChI=1S/C21H20FIN2O3S/c1-4-25-20(26)18(29-21(25)24-15-8-6-14(22)7-9-15)12-13-10-16(23)19(27-3)17(11-13)28-5-2/h6-12H,4-5H2,1-3H3/b18-12+,24-21?. The zero-order valence-electron chi connectivity index (χ0n) is 16.2. The Hall–Kier alpha value is -2.07. The van der Waals surface area contributed by atoms with E-state index < -0.39 is 0 Å². The lowest BCUT2D eigenvalue weighted by atomic mass is 10.2. The number of methoxy groups -OCH3 is 1. The van der Waals surface area contributed by atoms with Crippen LogP contribution < -0.4 is 9.47 Å². The Balaban J connectivity index is 1.95. The van der Waals surface area contributed by atoms with E-state index in [4.69, 9.17) is 9.47 Å². The molecular weight excluding hydrogens is 506 g/mol. The topological polar surface area (TPSA) is 51.1 Å². The number of halogens is 2. The Morgan fingerprint density at radius 3 is 2.59 bits per heavy atom. The van der Waals surface area contributed by atoms with Crippen molar-refractivity contribution in [2.45, 2.75) is 13.8 Å². The van der Waals surface area contributed by atoms with Crippen molar-refractivity contribution in [2.24, 2.45) is 4.99 Å². The van der Waals surface area contributed by atoms with Crippen molar-refractivity contribution < 1.29 is 18.7 Å². The van der Waals surface area contributed by atoms with E-state index in [1.54, 1.807) is 24.1 Å². The maximum Gasteiger partial charge on any atom is 0.266 e. The van der Waals surface area contributed by atoms with Crippen LogP contribution in [0.15, 0.2) is 46.3 Å². The fourth-order valence-electron chi connectivity index (χ4n) is 2.78. The summed E-state index contributed by atoms with van der Waals surface area (Å²) in [5, 5.41) is 0.573. The lowest BCUT2D eigenvalue weighted by Crippen LogP contribution is -2.28. The highest BCUT2D eigenvalue weighted by Gasteiger charge is 2.32. The molecule has 29 heavy (non-hydrogen) atoms. The van der Waals surface area contributed by atoms with Gasteiger partial charge in [0.05, 0.1) is 27.9 Å². The third-order valence-corrected chi connectivity index (χ3v) is 5.90. The lowest BCUT2D eigenvalue weighted by molar-refractivity contribution is -0.122. The summed E-state index contributed by atoms with van der Waals surface area (Å²) in [7, 11) is 1.60. The molecule has 0 N–H and O–H groups in total. The van der Waals surface area contributed by atoms with Crippen molar-refractivity contribution in [3.05, 3.63) is 56.3 Å². The molecule has 1 heterocycles. The number of benzene rings is 2. The molecular formula is C21H20FIN2O3S. The van der Waals surface area contributed by atoms with E-state index in [0.717, 1.165) is 9.13 Å². The summed E-state index contributed by atoms with van der Waals surface area (Å²) < 4.78 is 25.1. The van der Waals surface area contributed by atoms with E-state index in [-0.39, 0.29) is 11.7 Å². The molecule has 5 nitrogen and oxygen atoms in total. The Bertz CT molecular complexity index is 977. The molecule has 1 aliphatic rings. The molecule has 0 atom stereocenters. The van der Waals surface area contributed by atoms with Gasteiger partial charge in [0, 0.05) is 6.54 Å². The molecule has 8 heteroatoms. The summed E-state index contributed by atoms with van der Waals surface area (Å²) in [5.74, 6) is 0.879. The molecule has 1 saturated heterocycles. The zero-order valence-corrected chi connectivity index (χ0v) is 19.2. The smallest absolute Gasteiger partial charge is 0.266 e. The summed E-state index contributed by atoms with van der Waals surface area (Å²) in [6.45, 7) is 4.81. The first-order valence-corrected chi connectivity index (χ1v) is 10.9. The number of nitrogens with zero attached hydrogens (tertiary/aromatic N) is 2. The first-order chi connectivity index (χ1) is 14.0. The molecule has 0 aromatic heterocycles. The predicted molar refractivity (Wildman–Crippen MR) is 123 cm³/mol. The first kappa shape index (κ1) is 21.6. The number of ether oxygens (including phenoxy) is 2. The van der Waals surface area contributed by atoms with Gasteiger partial charge in [-0.25, -0.2) is 9.38 Å². The van der Waals surface area contributed by atoms with Crippen LogP contribution in [0.25, 0.3) is 6.08 Å². The van der Waals surface area contributed by atoms with Crippen molar-refractivity contribution in [1.82, 2.24) is 4.90 Å². The SMILES string of the molecule is CCOc1cc(/C=C2/SC(=Nc3ccc(F)cc3)N(CC)C2=O)cc(I)c1OC. The van der Waals surface area contributed by atoms with Gasteiger partial charge < -0.3 is 9.47 Å². The first-order valence-electron chi connectivity index (χ1n) is 9.02. The molecule has 0 spiro atoms. The molecule has 1 amide bonds. The van der Waals surface area contributed by atoms with Crippen molar-refractivity contribution in [3.8, 4) is 11.5 Å². The van der Waals surface area contributed by atoms with Crippen molar-refractivity contribution in [2.75, 3.05) is 20.3 Å². The Labute approximate surface area is 187 Å². The van der Waals surface area contributed by atoms with Gasteiger partial charge in [-0.2, -0.15) is 0 Å². The molecule has 0 radical (unpaired) electrons. The molecule has 1 aliphatic heterocycles. The van der Waals surface area contributed by atoms with Crippen LogP contribution in [-0.2, 0) is 4.79 Å². The van der Waals surface area contributed by atoms with E-state index in [1.165, 1.54) is 23.9 Å². The van der Waals surface area contributed by atoms with E-state index >= 15 is 0 Å². The van der Waals surface area contributed by atoms with Gasteiger partial charge in [-0.3, -0.25) is 9.69 Å². The summed E-state index contributed by atoms with van der Waals surface area (Å²) >= 11 is 3.49. The molecule has 0 saturated carbocycles. The fraction of sp³-hybridized carbons (Fsp3) is 0.238. The molecule has 152 valence electrons. The number of hydrogen-bond donors (Lipinski definition) is 0. The average molecular weight is 526 g/mol. The van der Waals surface area contributed by atoms with Crippen LogP contribution in [0.1, 0.15) is 19.4 Å². The van der Waals surface area contributed by atoms with Crippen molar-refractivity contribution >= 4 is 57.2 Å². The minimum atomic E-state index is -0.323. The van der Waals surface area contributed by atoms with Gasteiger partial charge in [-0.05, 0) is 96.2 Å². The van der Waals surface area contributed by atoms with Crippen molar-refractivity contribution in [3.63, 3.8) is 0 Å². The minimum Gasteiger partial charge on any atom is -0.492 e. The van der Waals surface area contributed by atoms with Gasteiger partial charge in [0.25, 0.3) is 5.91 Å². The van der Waals surface area contributed by atoms with Crippen LogP contribution in [0.3, 0.4) is 0 Å². The van der Waals surface area contributed by atoms with Crippen LogP contribution in [0.5, 0.6) is 11.5 Å². The number of amidine groups is 1. The van der Waals surface area contributed by atoms with Crippen LogP contribution >= 0.6 is 34.4 Å². The minimum absolute atomic E-state index is 0.109. The molecule has 0 unspecified atom stereocenters. The van der Waals surface area contributed by atoms with Crippen LogP contribution in [0.2, 0.25) is 0 Å². The fourth-order valence-corrected chi connectivity index (χ4v) is 4.69. The van der Waals surface area contributed by atoms with Crippen molar-refractivity contribution in [1.29, 1.82) is 0 Å². The monoisotopic (exact) mass is 526 g/mol. The molecule has 2 aromatic carbocycles. The van der Waals surface area contributed by atoms with Gasteiger partial charge in [0.1, 0.15) is 5.82 Å². The number of amides is 1. The quantitative estimate of drug-likeness (QED) is 0.371. The second kappa shape index (κ2) is 9.62. The molecule has 1 fully saturated rings. The molecule has 0 aliphatic carbocycles. The number of carbonyl (C=O) groups excluding carboxylic acids is 1. The zero-order chi connectivity index (χ0) is 21.0. The summed E-state index contributed by atoms with van der Waals surface area (Å²) in [6.07, 6.45) is 1.83. The van der Waals surface area contributed by atoms with E-state index in [2.05, 4.69) is 27.6 Å². The molecule has 0 bridgehead atoms. The average Bonchev–Trinajstić information content (AvgIpc) is 2.98. The van der Waals surface area contributed by atoms with E-state index in [0.29, 0.717) is 40.4 Å². The second-order valence-electron chi connectivity index (χ2n) is 6.00. The Morgan fingerprint density at radius 2 is 1.97 bits per heavy atom. The number of rotatable bonds is 6. The largest absolute Gasteiger partial charge is 0.492 e. The van der Waals surface area contributed by atoms with Crippen LogP contribution in [-0.4, -0.2) is 36.2 Å². The summed E-state index contributed by atoms with van der Waals surface area (Å²) in [4.78, 5) is 19.5. The number of carbonyl (C=O) groups is 1. The van der Waals surface area contributed by atoms with E-state index in [9.17, 15) is 9.18 Å². The van der Waals surface area contributed by atoms with Gasteiger partial charge in [-0.15, -0.1) is 0 Å². The van der Waals surface area contributed by atoms with Crippen LogP contribution in [0.4, 0.5) is 10.1 Å². The number of aliphatic imine (C=N–C) groups is 1. The summed E-state index contributed by atoms with van der Waals surface area (Å²) in [5.41, 5.74) is 1.44. The maximum atomic E-state index is 13.1. The third-order valence-electron chi connectivity index (χ3n) is 4.09. The second-order valence-corrected chi connectivity index (χ2v) is 8.17. The lowest BCUT2D eigenvalue weighted by Gasteiger charge is -2.12. The number of likely N-dealkylation sites (N-methyl/N-ethyl adjacent to an activating group) is 1. The van der Waals surface area contributed by atoms with Crippen LogP contribution in [0, 0.1) is 9.39 Å². The van der Waals surface area contributed by atoms with E-state index in [1.807, 2.05) is 32.1 Å². The highest BCUT2D eigenvalue weighted by molar-refractivity contribution is 14.1. The van der Waals surface area contributed by atoms with Gasteiger partial charge >= 0.3 is 0 Å². The Kier molecular flexibility index (Phi) is 7.18. The third kappa shape index (κ3) is 4.92. The number of thioether (sulfide) groups is 1. The van der Waals surface area contributed by atoms with Gasteiger partial charge in [0.2, 0.25) is 0 Å². The normalized spacial score (nSPS) is 16.7. The summed E-state index contributed by atoms with van der Waals surface area (Å²) in [6, 6.07) is 9.67. The molecule has 2 aromatic rings. The predicted octanol–water partition coefficient (Wildman–Crippen LogP) is 5.46. The number of hydrogen-bond acceptors (Lipinski definition) is 5. The Morgan fingerprint density at radius 1 is 1.24 bits per heavy atom. The van der Waals surface area contributed by atoms with Gasteiger partial charge in [0.15, 0.2) is 16.7 Å². The highest BCUT2D eigenvalue weighted by atomic mass is 127. The molecule has 3 rings (SSSR count).